The first-order chi connectivity index (χ1) is 7.64. The predicted molar refractivity (Wildman–Crippen MR) is 57.0 cm³/mol. The minimum Gasteiger partial charge on any atom is -0.201 e. The minimum absolute atomic E-state index is 0.102. The first-order valence-electron chi connectivity index (χ1n) is 5.49. The van der Waals surface area contributed by atoms with Crippen LogP contribution in [0.1, 0.15) is 30.4 Å². The van der Waals surface area contributed by atoms with Gasteiger partial charge in [0.15, 0.2) is 0 Å². The van der Waals surface area contributed by atoms with Crippen LogP contribution < -0.4 is 0 Å². The highest BCUT2D eigenvalue weighted by Gasteiger charge is 2.47. The summed E-state index contributed by atoms with van der Waals surface area (Å²) in [6.07, 6.45) is 2.16. The van der Waals surface area contributed by atoms with Crippen molar-refractivity contribution >= 4 is 0 Å². The van der Waals surface area contributed by atoms with E-state index in [9.17, 15) is 8.78 Å². The van der Waals surface area contributed by atoms with E-state index in [1.165, 1.54) is 12.1 Å². The number of benzene rings is 1. The fourth-order valence-electron chi connectivity index (χ4n) is 1.82. The first kappa shape index (κ1) is 11.1. The summed E-state index contributed by atoms with van der Waals surface area (Å²) < 4.78 is 27.6. The summed E-state index contributed by atoms with van der Waals surface area (Å²) in [5.41, 5.74) is 0.921. The Labute approximate surface area is 93.7 Å². The van der Waals surface area contributed by atoms with Gasteiger partial charge in [0.1, 0.15) is 0 Å². The average Bonchev–Trinajstić information content (AvgIpc) is 3.11. The van der Waals surface area contributed by atoms with Crippen LogP contribution in [-0.2, 0) is 12.3 Å². The zero-order valence-electron chi connectivity index (χ0n) is 8.92. The van der Waals surface area contributed by atoms with Crippen molar-refractivity contribution in [2.45, 2.75) is 31.6 Å². The number of aryl methyl sites for hydroxylation is 1. The van der Waals surface area contributed by atoms with Crippen LogP contribution in [0.15, 0.2) is 24.3 Å². The lowest BCUT2D eigenvalue weighted by atomic mass is 10.00. The van der Waals surface area contributed by atoms with Crippen LogP contribution in [0, 0.1) is 17.2 Å². The van der Waals surface area contributed by atoms with Crippen molar-refractivity contribution in [3.05, 3.63) is 35.4 Å². The van der Waals surface area contributed by atoms with Crippen molar-refractivity contribution in [2.75, 3.05) is 0 Å². The van der Waals surface area contributed by atoms with Crippen LogP contribution in [0.25, 0.3) is 0 Å². The topological polar surface area (TPSA) is 23.8 Å². The number of nitriles is 1. The highest BCUT2D eigenvalue weighted by Crippen LogP contribution is 2.49. The van der Waals surface area contributed by atoms with Gasteiger partial charge in [0.2, 0.25) is 0 Å². The van der Waals surface area contributed by atoms with Gasteiger partial charge >= 0.3 is 0 Å². The van der Waals surface area contributed by atoms with Crippen LogP contribution >= 0.6 is 0 Å². The Morgan fingerprint density at radius 3 is 2.75 bits per heavy atom. The minimum atomic E-state index is -2.69. The number of alkyl halides is 2. The Bertz CT molecular complexity index is 416. The second-order valence-electron chi connectivity index (χ2n) is 4.26. The average molecular weight is 221 g/mol. The maximum Gasteiger partial charge on any atom is 0.276 e. The summed E-state index contributed by atoms with van der Waals surface area (Å²) in [6, 6.07) is 8.49. The molecule has 0 aromatic heterocycles. The van der Waals surface area contributed by atoms with E-state index in [0.29, 0.717) is 25.7 Å². The molecule has 1 nitrogen and oxygen atoms in total. The normalized spacial score (nSPS) is 15.8. The van der Waals surface area contributed by atoms with Gasteiger partial charge in [0.25, 0.3) is 5.92 Å². The van der Waals surface area contributed by atoms with Crippen LogP contribution in [-0.4, -0.2) is 0 Å². The maximum absolute atomic E-state index is 13.8. The lowest BCUT2D eigenvalue weighted by Crippen LogP contribution is -2.16. The summed E-state index contributed by atoms with van der Waals surface area (Å²) in [6.45, 7) is 0. The van der Waals surface area contributed by atoms with E-state index in [4.69, 9.17) is 5.26 Å². The fourth-order valence-corrected chi connectivity index (χ4v) is 1.82. The Balaban J connectivity index is 2.18. The molecule has 1 aliphatic rings. The van der Waals surface area contributed by atoms with Crippen molar-refractivity contribution in [3.8, 4) is 6.07 Å². The summed E-state index contributed by atoms with van der Waals surface area (Å²) in [5.74, 6) is -3.17. The first-order valence-corrected chi connectivity index (χ1v) is 5.49. The molecule has 0 N–H and O–H groups in total. The molecule has 0 spiro atoms. The number of hydrogen-bond acceptors (Lipinski definition) is 1. The summed E-state index contributed by atoms with van der Waals surface area (Å²) in [5, 5.41) is 8.46. The van der Waals surface area contributed by atoms with Gasteiger partial charge in [-0.3, -0.25) is 0 Å². The maximum atomic E-state index is 13.8. The molecule has 0 heterocycles. The van der Waals surface area contributed by atoms with E-state index in [2.05, 4.69) is 0 Å². The van der Waals surface area contributed by atoms with E-state index in [-0.39, 0.29) is 5.56 Å². The molecule has 0 saturated heterocycles. The van der Waals surface area contributed by atoms with E-state index < -0.39 is 11.8 Å². The van der Waals surface area contributed by atoms with E-state index in [1.807, 2.05) is 6.07 Å². The van der Waals surface area contributed by atoms with Gasteiger partial charge in [-0.2, -0.15) is 5.26 Å². The van der Waals surface area contributed by atoms with Crippen LogP contribution in [0.3, 0.4) is 0 Å². The standard InChI is InChI=1S/C13H13F2N/c14-13(15,11-6-7-11)12-5-1-3-10(9-12)4-2-8-16/h1,3,5,9,11H,2,4,6-7H2. The second-order valence-corrected chi connectivity index (χ2v) is 4.26. The quantitative estimate of drug-likeness (QED) is 0.761. The summed E-state index contributed by atoms with van der Waals surface area (Å²) in [4.78, 5) is 0. The van der Waals surface area contributed by atoms with Gasteiger partial charge in [-0.1, -0.05) is 18.2 Å². The van der Waals surface area contributed by atoms with Gasteiger partial charge in [-0.05, 0) is 30.9 Å². The molecule has 1 saturated carbocycles. The highest BCUT2D eigenvalue weighted by atomic mass is 19.3. The Kier molecular flexibility index (Phi) is 2.91. The van der Waals surface area contributed by atoms with E-state index >= 15 is 0 Å². The molecule has 84 valence electrons. The van der Waals surface area contributed by atoms with Crippen molar-refractivity contribution in [3.63, 3.8) is 0 Å². The SMILES string of the molecule is N#CCCc1cccc(C(F)(F)C2CC2)c1. The highest BCUT2D eigenvalue weighted by molar-refractivity contribution is 5.28. The lowest BCUT2D eigenvalue weighted by Gasteiger charge is -2.16. The molecule has 3 heteroatoms. The molecule has 0 unspecified atom stereocenters. The Morgan fingerprint density at radius 2 is 2.12 bits per heavy atom. The van der Waals surface area contributed by atoms with Gasteiger partial charge in [0.05, 0.1) is 6.07 Å². The summed E-state index contributed by atoms with van der Waals surface area (Å²) in [7, 11) is 0. The number of hydrogen-bond donors (Lipinski definition) is 0. The molecule has 1 aromatic rings. The van der Waals surface area contributed by atoms with Crippen molar-refractivity contribution in [2.24, 2.45) is 5.92 Å². The molecule has 1 aromatic carbocycles. The zero-order chi connectivity index (χ0) is 11.6. The van der Waals surface area contributed by atoms with Crippen LogP contribution in [0.4, 0.5) is 8.78 Å². The molecule has 0 atom stereocenters. The monoisotopic (exact) mass is 221 g/mol. The van der Waals surface area contributed by atoms with Gasteiger partial charge in [0, 0.05) is 17.9 Å². The van der Waals surface area contributed by atoms with E-state index in [0.717, 1.165) is 5.56 Å². The number of rotatable bonds is 4. The second kappa shape index (κ2) is 4.21. The smallest absolute Gasteiger partial charge is 0.201 e. The van der Waals surface area contributed by atoms with Gasteiger partial charge < -0.3 is 0 Å². The molecule has 1 fully saturated rings. The lowest BCUT2D eigenvalue weighted by molar-refractivity contribution is -0.0286. The van der Waals surface area contributed by atoms with Gasteiger partial charge in [-0.25, -0.2) is 8.78 Å². The molecule has 0 radical (unpaired) electrons. The number of halogens is 2. The van der Waals surface area contributed by atoms with Crippen molar-refractivity contribution in [1.29, 1.82) is 5.26 Å². The Morgan fingerprint density at radius 1 is 1.38 bits per heavy atom. The third-order valence-corrected chi connectivity index (χ3v) is 2.93. The van der Waals surface area contributed by atoms with Crippen LogP contribution in [0.5, 0.6) is 0 Å². The molecule has 0 bridgehead atoms. The van der Waals surface area contributed by atoms with Crippen LogP contribution in [0.2, 0.25) is 0 Å². The molecule has 0 amide bonds. The van der Waals surface area contributed by atoms with Gasteiger partial charge in [-0.15, -0.1) is 0 Å². The number of nitrogens with zero attached hydrogens (tertiary/aromatic N) is 1. The molecular formula is C13H13F2N. The third-order valence-electron chi connectivity index (χ3n) is 2.93. The Hall–Kier alpha value is -1.43. The zero-order valence-corrected chi connectivity index (χ0v) is 8.92. The largest absolute Gasteiger partial charge is 0.276 e. The fraction of sp³-hybridized carbons (Fsp3) is 0.462. The predicted octanol–water partition coefficient (Wildman–Crippen LogP) is 3.64. The third kappa shape index (κ3) is 2.21. The van der Waals surface area contributed by atoms with Crippen molar-refractivity contribution < 1.29 is 8.78 Å². The summed E-state index contributed by atoms with van der Waals surface area (Å²) >= 11 is 0. The molecule has 2 rings (SSSR count). The molecular weight excluding hydrogens is 208 g/mol. The molecule has 16 heavy (non-hydrogen) atoms. The van der Waals surface area contributed by atoms with Crippen molar-refractivity contribution in [1.82, 2.24) is 0 Å². The molecule has 1 aliphatic carbocycles. The molecule has 0 aliphatic heterocycles. The van der Waals surface area contributed by atoms with E-state index in [1.54, 1.807) is 12.1 Å².